The topological polar surface area (TPSA) is 51.5 Å². The number of anilines is 1. The lowest BCUT2D eigenvalue weighted by Gasteiger charge is -2.06. The van der Waals surface area contributed by atoms with E-state index in [-0.39, 0.29) is 0 Å². The molecule has 2 N–H and O–H groups in total. The molecule has 2 aliphatic rings. The van der Waals surface area contributed by atoms with Crippen molar-refractivity contribution >= 4 is 28.4 Å². The summed E-state index contributed by atoms with van der Waals surface area (Å²) in [7, 11) is 0. The normalized spacial score (nSPS) is 12.4. The molecule has 0 fully saturated rings. The minimum Gasteiger partial charge on any atom is -0.456 e. The number of benzene rings is 2. The van der Waals surface area contributed by atoms with Crippen molar-refractivity contribution in [3.8, 4) is 11.3 Å². The van der Waals surface area contributed by atoms with Crippen LogP contribution in [-0.4, -0.2) is 0 Å². The van der Waals surface area contributed by atoms with Crippen molar-refractivity contribution in [2.45, 2.75) is 0 Å². The zero-order valence-electron chi connectivity index (χ0n) is 8.85. The summed E-state index contributed by atoms with van der Waals surface area (Å²) in [6.07, 6.45) is 0. The summed E-state index contributed by atoms with van der Waals surface area (Å²) < 4.78 is 9.38. The number of fused-ring (bicyclic) bond motifs is 2. The molecular weight excluding hydrogens is 236 g/mol. The second kappa shape index (κ2) is 3.79. The maximum atomic E-state index is 5.77. The van der Waals surface area contributed by atoms with Gasteiger partial charge in [-0.25, -0.2) is 0 Å². The Morgan fingerprint density at radius 3 is 2.76 bits per heavy atom. The highest BCUT2D eigenvalue weighted by atomic mass is 35.5. The van der Waals surface area contributed by atoms with Crippen molar-refractivity contribution in [2.75, 3.05) is 5.73 Å². The van der Waals surface area contributed by atoms with Gasteiger partial charge in [-0.3, -0.25) is 0 Å². The van der Waals surface area contributed by atoms with Gasteiger partial charge in [0, 0.05) is 40.5 Å². The van der Waals surface area contributed by atoms with E-state index < -0.39 is 0 Å². The SMILES string of the molecule is Nc1ccc2cc3ccc(=NCl)cc-3oc2c1. The van der Waals surface area contributed by atoms with E-state index in [4.69, 9.17) is 21.9 Å². The number of nitrogens with two attached hydrogens (primary N) is 1. The molecule has 4 heteroatoms. The summed E-state index contributed by atoms with van der Waals surface area (Å²) in [5, 5.41) is 1.69. The Labute approximate surface area is 103 Å². The average Bonchev–Trinajstić information content (AvgIpc) is 2.35. The molecule has 0 saturated heterocycles. The number of halogens is 1. The van der Waals surface area contributed by atoms with Crippen LogP contribution in [0.15, 0.2) is 51.4 Å². The second-order valence-electron chi connectivity index (χ2n) is 3.85. The number of hydrogen-bond donors (Lipinski definition) is 1. The van der Waals surface area contributed by atoms with Gasteiger partial charge >= 0.3 is 0 Å². The Morgan fingerprint density at radius 2 is 1.94 bits per heavy atom. The first-order valence-corrected chi connectivity index (χ1v) is 5.48. The third-order valence-corrected chi connectivity index (χ3v) is 2.86. The number of rotatable bonds is 0. The lowest BCUT2D eigenvalue weighted by molar-refractivity contribution is 0.619. The first-order valence-electron chi connectivity index (χ1n) is 5.14. The van der Waals surface area contributed by atoms with Gasteiger partial charge in [0.05, 0.1) is 5.36 Å². The van der Waals surface area contributed by atoms with Crippen molar-refractivity contribution in [2.24, 2.45) is 4.51 Å². The Kier molecular flexibility index (Phi) is 2.27. The van der Waals surface area contributed by atoms with Crippen LogP contribution in [-0.2, 0) is 0 Å². The quantitative estimate of drug-likeness (QED) is 0.488. The third kappa shape index (κ3) is 1.74. The molecule has 0 radical (unpaired) electrons. The maximum absolute atomic E-state index is 5.77. The fraction of sp³-hybridized carbons (Fsp3) is 0. The summed E-state index contributed by atoms with van der Waals surface area (Å²) in [5.41, 5.74) is 8.16. The lowest BCUT2D eigenvalue weighted by atomic mass is 10.1. The highest BCUT2D eigenvalue weighted by Gasteiger charge is 2.06. The first-order chi connectivity index (χ1) is 8.26. The van der Waals surface area contributed by atoms with Crippen LogP contribution < -0.4 is 11.1 Å². The standard InChI is InChI=1S/C13H9ClN2O/c14-16-11-4-2-9-5-8-1-3-10(15)6-12(8)17-13(9)7-11/h1-7H,15H2. The first kappa shape index (κ1) is 10.2. The molecule has 17 heavy (non-hydrogen) atoms. The lowest BCUT2D eigenvalue weighted by Crippen LogP contribution is -1.99. The van der Waals surface area contributed by atoms with Crippen LogP contribution in [0.4, 0.5) is 5.69 Å². The van der Waals surface area contributed by atoms with Crippen molar-refractivity contribution < 1.29 is 4.42 Å². The average molecular weight is 245 g/mol. The third-order valence-electron chi connectivity index (χ3n) is 2.66. The summed E-state index contributed by atoms with van der Waals surface area (Å²) in [5.74, 6) is 0.741. The molecule has 1 aliphatic heterocycles. The Hall–Kier alpha value is -2.00. The molecule has 0 bridgehead atoms. The fourth-order valence-corrected chi connectivity index (χ4v) is 1.93. The molecule has 0 spiro atoms. The molecular formula is C13H9ClN2O. The molecule has 1 aromatic rings. The molecule has 1 aliphatic carbocycles. The van der Waals surface area contributed by atoms with Crippen molar-refractivity contribution in [3.05, 3.63) is 47.8 Å². The molecule has 84 valence electrons. The van der Waals surface area contributed by atoms with Crippen LogP contribution in [0, 0.1) is 0 Å². The van der Waals surface area contributed by atoms with E-state index in [1.54, 1.807) is 12.1 Å². The van der Waals surface area contributed by atoms with E-state index in [2.05, 4.69) is 4.51 Å². The predicted molar refractivity (Wildman–Crippen MR) is 68.7 cm³/mol. The van der Waals surface area contributed by atoms with Crippen LogP contribution in [0.3, 0.4) is 0 Å². The van der Waals surface area contributed by atoms with Gasteiger partial charge in [-0.1, -0.05) is 0 Å². The highest BCUT2D eigenvalue weighted by molar-refractivity contribution is 6.14. The van der Waals surface area contributed by atoms with E-state index in [1.165, 1.54) is 0 Å². The Bertz CT molecular complexity index is 733. The molecule has 0 aromatic heterocycles. The van der Waals surface area contributed by atoms with Gasteiger partial charge in [-0.05, 0) is 30.3 Å². The minimum atomic E-state index is 0.672. The molecule has 0 saturated carbocycles. The summed E-state index contributed by atoms with van der Waals surface area (Å²) in [6, 6.07) is 13.2. The van der Waals surface area contributed by atoms with E-state index in [0.717, 1.165) is 22.3 Å². The fourth-order valence-electron chi connectivity index (χ4n) is 1.83. The predicted octanol–water partition coefficient (Wildman–Crippen LogP) is 3.17. The van der Waals surface area contributed by atoms with E-state index in [0.29, 0.717) is 11.0 Å². The number of nitrogens with zero attached hydrogens (tertiary/aromatic N) is 1. The van der Waals surface area contributed by atoms with Gasteiger partial charge in [-0.15, -0.1) is 0 Å². The van der Waals surface area contributed by atoms with Crippen molar-refractivity contribution in [1.29, 1.82) is 0 Å². The molecule has 0 unspecified atom stereocenters. The Morgan fingerprint density at radius 1 is 1.06 bits per heavy atom. The number of hydrogen-bond acceptors (Lipinski definition) is 3. The van der Waals surface area contributed by atoms with E-state index in [1.807, 2.05) is 30.3 Å². The molecule has 0 atom stereocenters. The maximum Gasteiger partial charge on any atom is 0.136 e. The summed E-state index contributed by atoms with van der Waals surface area (Å²) in [6.45, 7) is 0. The van der Waals surface area contributed by atoms with Gasteiger partial charge in [0.15, 0.2) is 0 Å². The zero-order valence-corrected chi connectivity index (χ0v) is 9.61. The molecule has 3 nitrogen and oxygen atoms in total. The number of nitrogen functional groups attached to an aromatic ring is 1. The summed E-state index contributed by atoms with van der Waals surface area (Å²) in [4.78, 5) is 0. The van der Waals surface area contributed by atoms with Crippen LogP contribution in [0.5, 0.6) is 0 Å². The van der Waals surface area contributed by atoms with E-state index >= 15 is 0 Å². The van der Waals surface area contributed by atoms with E-state index in [9.17, 15) is 0 Å². The van der Waals surface area contributed by atoms with Gasteiger partial charge in [0.1, 0.15) is 11.3 Å². The van der Waals surface area contributed by atoms with Crippen LogP contribution in [0.1, 0.15) is 0 Å². The van der Waals surface area contributed by atoms with Crippen molar-refractivity contribution in [3.63, 3.8) is 0 Å². The van der Waals surface area contributed by atoms with Crippen LogP contribution in [0.25, 0.3) is 22.3 Å². The molecule has 0 amide bonds. The smallest absolute Gasteiger partial charge is 0.136 e. The van der Waals surface area contributed by atoms with Crippen molar-refractivity contribution in [1.82, 2.24) is 0 Å². The molecule has 1 heterocycles. The highest BCUT2D eigenvalue weighted by Crippen LogP contribution is 2.27. The monoisotopic (exact) mass is 244 g/mol. The zero-order chi connectivity index (χ0) is 11.8. The van der Waals surface area contributed by atoms with Crippen LogP contribution >= 0.6 is 11.8 Å². The Balaban J connectivity index is 2.41. The largest absolute Gasteiger partial charge is 0.456 e. The molecule has 3 rings (SSSR count). The molecule has 1 aromatic carbocycles. The summed E-state index contributed by atoms with van der Waals surface area (Å²) >= 11 is 5.43. The van der Waals surface area contributed by atoms with Gasteiger partial charge in [-0.2, -0.15) is 4.51 Å². The van der Waals surface area contributed by atoms with Gasteiger partial charge < -0.3 is 10.2 Å². The van der Waals surface area contributed by atoms with Gasteiger partial charge in [0.25, 0.3) is 0 Å². The van der Waals surface area contributed by atoms with Crippen LogP contribution in [0.2, 0.25) is 0 Å². The van der Waals surface area contributed by atoms with Gasteiger partial charge in [0.2, 0.25) is 0 Å². The minimum absolute atomic E-state index is 0.672. The second-order valence-corrected chi connectivity index (χ2v) is 4.02.